The molecule has 0 amide bonds. The summed E-state index contributed by atoms with van der Waals surface area (Å²) in [5.41, 5.74) is 0. The van der Waals surface area contributed by atoms with Crippen molar-refractivity contribution in [1.82, 2.24) is 4.90 Å². The van der Waals surface area contributed by atoms with Crippen LogP contribution in [0.4, 0.5) is 0 Å². The molecule has 0 aliphatic carbocycles. The van der Waals surface area contributed by atoms with E-state index in [4.69, 9.17) is 4.74 Å². The van der Waals surface area contributed by atoms with Crippen LogP contribution in [0.2, 0.25) is 0 Å². The molecule has 3 aliphatic heterocycles. The lowest BCUT2D eigenvalue weighted by Crippen LogP contribution is -2.27. The molecule has 2 unspecified atom stereocenters. The maximum Gasteiger partial charge on any atom is 0.109 e. The molecule has 0 saturated carbocycles. The highest BCUT2D eigenvalue weighted by atomic mass is 32.2. The Morgan fingerprint density at radius 2 is 2.22 bits per heavy atom. The highest BCUT2D eigenvalue weighted by Gasteiger charge is 2.63. The third-order valence-corrected chi connectivity index (χ3v) is 3.66. The molecule has 0 aromatic heterocycles. The monoisotopic (exact) mass is 143 g/mol. The van der Waals surface area contributed by atoms with E-state index in [2.05, 4.69) is 16.7 Å². The lowest BCUT2D eigenvalue weighted by atomic mass is 10.2. The molecule has 2 atom stereocenters. The van der Waals surface area contributed by atoms with E-state index in [9.17, 15) is 0 Å². The van der Waals surface area contributed by atoms with Gasteiger partial charge in [-0.3, -0.25) is 4.90 Å². The minimum absolute atomic E-state index is 0.500. The van der Waals surface area contributed by atoms with Gasteiger partial charge in [-0.05, 0) is 0 Å². The SMILES string of the molecule is C1OC1C1(N2CC2)CS1. The van der Waals surface area contributed by atoms with Crippen molar-refractivity contribution in [3.05, 3.63) is 0 Å². The van der Waals surface area contributed by atoms with Crippen LogP contribution in [0.3, 0.4) is 0 Å². The van der Waals surface area contributed by atoms with Crippen LogP contribution in [-0.2, 0) is 4.74 Å². The number of epoxide rings is 1. The maximum atomic E-state index is 5.27. The third kappa shape index (κ3) is 0.600. The zero-order valence-corrected chi connectivity index (χ0v) is 5.99. The molecule has 3 heterocycles. The van der Waals surface area contributed by atoms with E-state index in [1.807, 2.05) is 0 Å². The Morgan fingerprint density at radius 1 is 1.56 bits per heavy atom. The maximum absolute atomic E-state index is 5.27. The molecule has 2 nitrogen and oxygen atoms in total. The normalized spacial score (nSPS) is 55.3. The number of hydrogen-bond donors (Lipinski definition) is 0. The molecule has 0 N–H and O–H groups in total. The molecule has 0 aromatic carbocycles. The molecule has 50 valence electrons. The van der Waals surface area contributed by atoms with Gasteiger partial charge in [-0.25, -0.2) is 0 Å². The third-order valence-electron chi connectivity index (χ3n) is 2.26. The second kappa shape index (κ2) is 1.31. The molecule has 3 aliphatic rings. The van der Waals surface area contributed by atoms with Crippen molar-refractivity contribution in [2.24, 2.45) is 0 Å². The van der Waals surface area contributed by atoms with E-state index in [1.54, 1.807) is 0 Å². The van der Waals surface area contributed by atoms with Crippen LogP contribution >= 0.6 is 11.8 Å². The first-order chi connectivity index (χ1) is 4.42. The minimum Gasteiger partial charge on any atom is -0.370 e. The highest BCUT2D eigenvalue weighted by Crippen LogP contribution is 2.56. The van der Waals surface area contributed by atoms with Gasteiger partial charge >= 0.3 is 0 Å². The molecular weight excluding hydrogens is 134 g/mol. The topological polar surface area (TPSA) is 15.5 Å². The summed E-state index contributed by atoms with van der Waals surface area (Å²) in [6, 6.07) is 0. The Hall–Kier alpha value is 0.270. The van der Waals surface area contributed by atoms with E-state index in [0.717, 1.165) is 6.61 Å². The summed E-state index contributed by atoms with van der Waals surface area (Å²) in [6.45, 7) is 3.64. The summed E-state index contributed by atoms with van der Waals surface area (Å²) in [5, 5.41) is 0. The van der Waals surface area contributed by atoms with E-state index in [-0.39, 0.29) is 0 Å². The fourth-order valence-electron chi connectivity index (χ4n) is 1.38. The van der Waals surface area contributed by atoms with Crippen LogP contribution in [0, 0.1) is 0 Å². The van der Waals surface area contributed by atoms with Crippen molar-refractivity contribution in [2.75, 3.05) is 25.4 Å². The standard InChI is InChI=1S/C6H9NOS/c1-2-7(1)6(4-9-6)5-3-8-5/h5H,1-4H2. The first-order valence-electron chi connectivity index (χ1n) is 3.42. The lowest BCUT2D eigenvalue weighted by molar-refractivity contribution is 0.304. The van der Waals surface area contributed by atoms with E-state index in [1.165, 1.54) is 18.8 Å². The van der Waals surface area contributed by atoms with Gasteiger partial charge in [0.25, 0.3) is 0 Å². The summed E-state index contributed by atoms with van der Waals surface area (Å²) >= 11 is 2.06. The van der Waals surface area contributed by atoms with Crippen LogP contribution in [-0.4, -0.2) is 41.3 Å². The van der Waals surface area contributed by atoms with Crippen molar-refractivity contribution in [2.45, 2.75) is 11.0 Å². The highest BCUT2D eigenvalue weighted by molar-refractivity contribution is 8.07. The minimum atomic E-state index is 0.500. The largest absolute Gasteiger partial charge is 0.370 e. The average molecular weight is 143 g/mol. The number of nitrogens with zero attached hydrogens (tertiary/aromatic N) is 1. The molecule has 0 bridgehead atoms. The summed E-state index contributed by atoms with van der Waals surface area (Å²) < 4.78 is 5.27. The van der Waals surface area contributed by atoms with Gasteiger partial charge in [0.15, 0.2) is 0 Å². The average Bonchev–Trinajstić information content (AvgIpc) is 2.67. The molecule has 3 rings (SSSR count). The first kappa shape index (κ1) is 4.99. The van der Waals surface area contributed by atoms with Gasteiger partial charge in [-0.15, -0.1) is 11.8 Å². The van der Waals surface area contributed by atoms with Gasteiger partial charge in [0.05, 0.1) is 6.61 Å². The summed E-state index contributed by atoms with van der Waals surface area (Å²) in [7, 11) is 0. The van der Waals surface area contributed by atoms with Gasteiger partial charge in [0.2, 0.25) is 0 Å². The van der Waals surface area contributed by atoms with Crippen LogP contribution in [0.25, 0.3) is 0 Å². The van der Waals surface area contributed by atoms with Gasteiger partial charge < -0.3 is 4.74 Å². The van der Waals surface area contributed by atoms with Crippen LogP contribution in [0.1, 0.15) is 0 Å². The van der Waals surface area contributed by atoms with Crippen LogP contribution in [0.5, 0.6) is 0 Å². The molecule has 0 spiro atoms. The lowest BCUT2D eigenvalue weighted by Gasteiger charge is -2.08. The first-order valence-corrected chi connectivity index (χ1v) is 4.41. The van der Waals surface area contributed by atoms with Gasteiger partial charge in [-0.2, -0.15) is 0 Å². The fraction of sp³-hybridized carbons (Fsp3) is 1.00. The number of rotatable bonds is 2. The Labute approximate surface area is 58.5 Å². The van der Waals surface area contributed by atoms with Crippen molar-refractivity contribution in [1.29, 1.82) is 0 Å². The summed E-state index contributed by atoms with van der Waals surface area (Å²) in [5.74, 6) is 1.32. The van der Waals surface area contributed by atoms with E-state index < -0.39 is 0 Å². The second-order valence-electron chi connectivity index (χ2n) is 2.94. The van der Waals surface area contributed by atoms with Crippen molar-refractivity contribution < 1.29 is 4.74 Å². The predicted octanol–water partition coefficient (Wildman–Crippen LogP) is 0.144. The van der Waals surface area contributed by atoms with E-state index in [0.29, 0.717) is 11.0 Å². The molecule has 3 fully saturated rings. The number of hydrogen-bond acceptors (Lipinski definition) is 3. The van der Waals surface area contributed by atoms with E-state index >= 15 is 0 Å². The Kier molecular flexibility index (Phi) is 0.726. The Bertz CT molecular complexity index is 135. The molecule has 0 radical (unpaired) electrons. The number of thioether (sulfide) groups is 1. The Balaban J connectivity index is 1.82. The van der Waals surface area contributed by atoms with Crippen molar-refractivity contribution >= 4 is 11.8 Å². The zero-order valence-electron chi connectivity index (χ0n) is 5.17. The van der Waals surface area contributed by atoms with Crippen molar-refractivity contribution in [3.63, 3.8) is 0 Å². The number of ether oxygens (including phenoxy) is 1. The predicted molar refractivity (Wildman–Crippen MR) is 36.5 cm³/mol. The van der Waals surface area contributed by atoms with Gasteiger partial charge in [0.1, 0.15) is 11.0 Å². The quantitative estimate of drug-likeness (QED) is 0.511. The van der Waals surface area contributed by atoms with Crippen molar-refractivity contribution in [3.8, 4) is 0 Å². The molecule has 9 heavy (non-hydrogen) atoms. The fourth-order valence-corrected chi connectivity index (χ4v) is 2.59. The van der Waals surface area contributed by atoms with Crippen LogP contribution in [0.15, 0.2) is 0 Å². The van der Waals surface area contributed by atoms with Gasteiger partial charge in [-0.1, -0.05) is 0 Å². The zero-order chi connectivity index (χ0) is 5.90. The summed E-state index contributed by atoms with van der Waals surface area (Å²) in [6.07, 6.45) is 0.602. The second-order valence-corrected chi connectivity index (χ2v) is 4.23. The summed E-state index contributed by atoms with van der Waals surface area (Å²) in [4.78, 5) is 3.02. The molecule has 0 aromatic rings. The Morgan fingerprint density at radius 3 is 2.56 bits per heavy atom. The van der Waals surface area contributed by atoms with Crippen LogP contribution < -0.4 is 0 Å². The van der Waals surface area contributed by atoms with Gasteiger partial charge in [0, 0.05) is 18.8 Å². The molecular formula is C6H9NOS. The smallest absolute Gasteiger partial charge is 0.109 e. The molecule has 3 saturated heterocycles. The molecule has 3 heteroatoms.